The monoisotopic (exact) mass is 233 g/mol. The fourth-order valence-corrected chi connectivity index (χ4v) is 2.33. The Bertz CT molecular complexity index is 328. The third-order valence-electron chi connectivity index (χ3n) is 2.33. The van der Waals surface area contributed by atoms with E-state index in [4.69, 9.17) is 16.3 Å². The van der Waals surface area contributed by atoms with Crippen LogP contribution in [0.2, 0.25) is 5.15 Å². The highest BCUT2D eigenvalue weighted by atomic mass is 35.5. The molecule has 0 N–H and O–H groups in total. The fraction of sp³-hybridized carbons (Fsp3) is 0.750. The molecule has 1 fully saturated rings. The van der Waals surface area contributed by atoms with Gasteiger partial charge in [0.2, 0.25) is 0 Å². The standard InChI is InChI=1S/C8H12ClN3OS/c1-8(2)5-13-4-3-12(8)7-6(9)10-14-11-7/h3-5H2,1-2H3. The van der Waals surface area contributed by atoms with Gasteiger partial charge < -0.3 is 9.64 Å². The smallest absolute Gasteiger partial charge is 0.187 e. The predicted molar refractivity (Wildman–Crippen MR) is 57.2 cm³/mol. The normalized spacial score (nSPS) is 21.2. The number of halogens is 1. The quantitative estimate of drug-likeness (QED) is 0.742. The van der Waals surface area contributed by atoms with Crippen molar-refractivity contribution in [1.29, 1.82) is 0 Å². The lowest BCUT2D eigenvalue weighted by atomic mass is 10.0. The van der Waals surface area contributed by atoms with Gasteiger partial charge >= 0.3 is 0 Å². The molecule has 0 bridgehead atoms. The Hall–Kier alpha value is -0.390. The van der Waals surface area contributed by atoms with E-state index in [1.165, 1.54) is 0 Å². The first-order chi connectivity index (χ1) is 6.61. The highest BCUT2D eigenvalue weighted by Gasteiger charge is 2.33. The Morgan fingerprint density at radius 1 is 1.50 bits per heavy atom. The first kappa shape index (κ1) is 10.1. The number of ether oxygens (including phenoxy) is 1. The zero-order valence-electron chi connectivity index (χ0n) is 8.16. The topological polar surface area (TPSA) is 38.2 Å². The van der Waals surface area contributed by atoms with E-state index in [-0.39, 0.29) is 5.54 Å². The molecule has 0 amide bonds. The van der Waals surface area contributed by atoms with E-state index in [2.05, 4.69) is 27.5 Å². The maximum Gasteiger partial charge on any atom is 0.187 e. The van der Waals surface area contributed by atoms with Crippen molar-refractivity contribution in [3.63, 3.8) is 0 Å². The molecule has 0 unspecified atom stereocenters. The SMILES string of the molecule is CC1(C)COCCN1c1nsnc1Cl. The first-order valence-electron chi connectivity index (χ1n) is 4.45. The number of rotatable bonds is 1. The summed E-state index contributed by atoms with van der Waals surface area (Å²) in [5.74, 6) is 0.782. The van der Waals surface area contributed by atoms with E-state index in [9.17, 15) is 0 Å². The molecule has 0 aliphatic carbocycles. The van der Waals surface area contributed by atoms with Crippen LogP contribution in [-0.4, -0.2) is 34.0 Å². The van der Waals surface area contributed by atoms with E-state index < -0.39 is 0 Å². The summed E-state index contributed by atoms with van der Waals surface area (Å²) < 4.78 is 13.6. The number of hydrogen-bond acceptors (Lipinski definition) is 5. The van der Waals surface area contributed by atoms with Crippen molar-refractivity contribution >= 4 is 29.1 Å². The molecule has 0 atom stereocenters. The Balaban J connectivity index is 2.28. The van der Waals surface area contributed by atoms with Gasteiger partial charge in [-0.15, -0.1) is 0 Å². The molecule has 4 nitrogen and oxygen atoms in total. The van der Waals surface area contributed by atoms with Gasteiger partial charge in [0.05, 0.1) is 30.5 Å². The van der Waals surface area contributed by atoms with E-state index in [1.807, 2.05) is 0 Å². The average Bonchev–Trinajstić information content (AvgIpc) is 2.51. The van der Waals surface area contributed by atoms with Crippen LogP contribution in [0.3, 0.4) is 0 Å². The molecule has 2 heterocycles. The predicted octanol–water partition coefficient (Wildman–Crippen LogP) is 1.81. The summed E-state index contributed by atoms with van der Waals surface area (Å²) in [4.78, 5) is 2.16. The molecule has 2 rings (SSSR count). The van der Waals surface area contributed by atoms with E-state index >= 15 is 0 Å². The molecular formula is C8H12ClN3OS. The van der Waals surface area contributed by atoms with Gasteiger partial charge in [-0.1, -0.05) is 11.6 Å². The van der Waals surface area contributed by atoms with Gasteiger partial charge in [-0.25, -0.2) is 0 Å². The molecule has 6 heteroatoms. The summed E-state index contributed by atoms with van der Waals surface area (Å²) in [6.07, 6.45) is 0. The largest absolute Gasteiger partial charge is 0.377 e. The molecule has 0 spiro atoms. The summed E-state index contributed by atoms with van der Waals surface area (Å²) >= 11 is 7.10. The van der Waals surface area contributed by atoms with E-state index in [1.54, 1.807) is 0 Å². The van der Waals surface area contributed by atoms with Gasteiger partial charge in [0, 0.05) is 6.54 Å². The summed E-state index contributed by atoms with van der Waals surface area (Å²) in [5, 5.41) is 0.491. The van der Waals surface area contributed by atoms with Gasteiger partial charge in [-0.3, -0.25) is 0 Å². The van der Waals surface area contributed by atoms with Crippen LogP contribution < -0.4 is 4.90 Å². The molecule has 1 aliphatic rings. The highest BCUT2D eigenvalue weighted by molar-refractivity contribution is 6.99. The van der Waals surface area contributed by atoms with Crippen LogP contribution in [0, 0.1) is 0 Å². The van der Waals surface area contributed by atoms with Crippen molar-refractivity contribution in [2.45, 2.75) is 19.4 Å². The minimum atomic E-state index is -0.0579. The number of morpholine rings is 1. The Morgan fingerprint density at radius 3 is 2.86 bits per heavy atom. The van der Waals surface area contributed by atoms with Crippen molar-refractivity contribution in [3.8, 4) is 0 Å². The second-order valence-electron chi connectivity index (χ2n) is 3.90. The van der Waals surface area contributed by atoms with Gasteiger partial charge in [-0.2, -0.15) is 8.75 Å². The van der Waals surface area contributed by atoms with Crippen molar-refractivity contribution in [3.05, 3.63) is 5.15 Å². The molecule has 78 valence electrons. The van der Waals surface area contributed by atoms with Crippen LogP contribution in [-0.2, 0) is 4.74 Å². The first-order valence-corrected chi connectivity index (χ1v) is 5.55. The summed E-state index contributed by atoms with van der Waals surface area (Å²) in [7, 11) is 0. The van der Waals surface area contributed by atoms with Gasteiger partial charge in [0.25, 0.3) is 0 Å². The number of anilines is 1. The zero-order chi connectivity index (χ0) is 10.2. The molecule has 0 saturated carbocycles. The molecule has 1 saturated heterocycles. The third kappa shape index (κ3) is 1.71. The van der Waals surface area contributed by atoms with E-state index in [0.717, 1.165) is 30.7 Å². The van der Waals surface area contributed by atoms with Crippen LogP contribution in [0.15, 0.2) is 0 Å². The maximum atomic E-state index is 5.95. The Kier molecular flexibility index (Phi) is 2.64. The summed E-state index contributed by atoms with van der Waals surface area (Å²) in [6.45, 7) is 6.46. The van der Waals surface area contributed by atoms with Crippen LogP contribution in [0.1, 0.15) is 13.8 Å². The lowest BCUT2D eigenvalue weighted by Crippen LogP contribution is -2.53. The number of nitrogens with zero attached hydrogens (tertiary/aromatic N) is 3. The van der Waals surface area contributed by atoms with Crippen molar-refractivity contribution in [2.75, 3.05) is 24.7 Å². The third-order valence-corrected chi connectivity index (χ3v) is 3.21. The second kappa shape index (κ2) is 3.64. The molecule has 1 aromatic rings. The highest BCUT2D eigenvalue weighted by Crippen LogP contribution is 2.30. The number of hydrogen-bond donors (Lipinski definition) is 0. The molecule has 1 aromatic heterocycles. The zero-order valence-corrected chi connectivity index (χ0v) is 9.73. The van der Waals surface area contributed by atoms with Crippen LogP contribution in [0.4, 0.5) is 5.82 Å². The van der Waals surface area contributed by atoms with Crippen LogP contribution >= 0.6 is 23.3 Å². The second-order valence-corrected chi connectivity index (χ2v) is 4.78. The fourth-order valence-electron chi connectivity index (χ4n) is 1.59. The Labute approximate surface area is 92.2 Å². The lowest BCUT2D eigenvalue weighted by molar-refractivity contribution is 0.0640. The molecule has 1 aliphatic heterocycles. The van der Waals surface area contributed by atoms with E-state index in [0.29, 0.717) is 11.8 Å². The molecule has 14 heavy (non-hydrogen) atoms. The van der Waals surface area contributed by atoms with Gasteiger partial charge in [0.15, 0.2) is 11.0 Å². The summed E-state index contributed by atoms with van der Waals surface area (Å²) in [6, 6.07) is 0. The number of aromatic nitrogens is 2. The minimum Gasteiger partial charge on any atom is -0.377 e. The van der Waals surface area contributed by atoms with Gasteiger partial charge in [0.1, 0.15) is 0 Å². The maximum absolute atomic E-state index is 5.95. The summed E-state index contributed by atoms with van der Waals surface area (Å²) in [5.41, 5.74) is -0.0579. The minimum absolute atomic E-state index is 0.0579. The average molecular weight is 234 g/mol. The molecular weight excluding hydrogens is 222 g/mol. The van der Waals surface area contributed by atoms with Crippen molar-refractivity contribution in [2.24, 2.45) is 0 Å². The Morgan fingerprint density at radius 2 is 2.29 bits per heavy atom. The van der Waals surface area contributed by atoms with Crippen molar-refractivity contribution < 1.29 is 4.74 Å². The lowest BCUT2D eigenvalue weighted by Gasteiger charge is -2.42. The van der Waals surface area contributed by atoms with Crippen LogP contribution in [0.25, 0.3) is 0 Å². The van der Waals surface area contributed by atoms with Gasteiger partial charge in [-0.05, 0) is 13.8 Å². The van der Waals surface area contributed by atoms with Crippen LogP contribution in [0.5, 0.6) is 0 Å². The van der Waals surface area contributed by atoms with Crippen molar-refractivity contribution in [1.82, 2.24) is 8.75 Å². The molecule has 0 aromatic carbocycles. The molecule has 0 radical (unpaired) electrons.